The molecule has 4 heteroatoms. The van der Waals surface area contributed by atoms with E-state index < -0.39 is 0 Å². The molecule has 0 saturated carbocycles. The molecule has 0 saturated heterocycles. The SMILES string of the molecule is CC(N(C)c1ccc(N)c(OC(C)(C)C)n1)C(C)(C)C. The third-order valence-corrected chi connectivity index (χ3v) is 3.47. The van der Waals surface area contributed by atoms with Crippen LogP contribution in [0.2, 0.25) is 0 Å². The van der Waals surface area contributed by atoms with E-state index in [2.05, 4.69) is 44.6 Å². The molecule has 0 aliphatic heterocycles. The lowest BCUT2D eigenvalue weighted by atomic mass is 9.87. The fourth-order valence-electron chi connectivity index (χ4n) is 1.79. The minimum absolute atomic E-state index is 0.170. The molecular weight excluding hydrogens is 250 g/mol. The van der Waals surface area contributed by atoms with Gasteiger partial charge in [0.15, 0.2) is 0 Å². The van der Waals surface area contributed by atoms with Crippen molar-refractivity contribution in [2.24, 2.45) is 5.41 Å². The maximum absolute atomic E-state index is 5.95. The summed E-state index contributed by atoms with van der Waals surface area (Å²) in [4.78, 5) is 6.73. The molecule has 0 fully saturated rings. The number of hydrogen-bond acceptors (Lipinski definition) is 4. The normalized spacial score (nSPS) is 14.0. The number of nitrogens with two attached hydrogens (primary N) is 1. The highest BCUT2D eigenvalue weighted by molar-refractivity contribution is 5.55. The largest absolute Gasteiger partial charge is 0.470 e. The van der Waals surface area contributed by atoms with Gasteiger partial charge in [0.1, 0.15) is 11.4 Å². The predicted octanol–water partition coefficient (Wildman–Crippen LogP) is 3.71. The van der Waals surface area contributed by atoms with Gasteiger partial charge in [0.05, 0.1) is 5.69 Å². The number of anilines is 2. The summed E-state index contributed by atoms with van der Waals surface area (Å²) < 4.78 is 5.83. The Labute approximate surface area is 123 Å². The van der Waals surface area contributed by atoms with Crippen LogP contribution in [0, 0.1) is 5.41 Å². The van der Waals surface area contributed by atoms with E-state index in [-0.39, 0.29) is 11.0 Å². The van der Waals surface area contributed by atoms with Crippen LogP contribution < -0.4 is 15.4 Å². The molecule has 0 spiro atoms. The van der Waals surface area contributed by atoms with E-state index in [1.54, 1.807) is 0 Å². The molecule has 1 aromatic heterocycles. The topological polar surface area (TPSA) is 51.4 Å². The quantitative estimate of drug-likeness (QED) is 0.916. The Morgan fingerprint density at radius 3 is 2.15 bits per heavy atom. The first-order valence-corrected chi connectivity index (χ1v) is 7.10. The molecule has 1 heterocycles. The lowest BCUT2D eigenvalue weighted by Crippen LogP contribution is -2.39. The van der Waals surface area contributed by atoms with Crippen LogP contribution in [0.4, 0.5) is 11.5 Å². The summed E-state index contributed by atoms with van der Waals surface area (Å²) in [5.74, 6) is 1.38. The zero-order valence-electron chi connectivity index (χ0n) is 14.1. The van der Waals surface area contributed by atoms with Crippen molar-refractivity contribution in [1.29, 1.82) is 0 Å². The van der Waals surface area contributed by atoms with Gasteiger partial charge in [-0.2, -0.15) is 4.98 Å². The predicted molar refractivity (Wildman–Crippen MR) is 86.4 cm³/mol. The molecule has 0 aliphatic carbocycles. The second-order valence-corrected chi connectivity index (χ2v) is 7.43. The van der Waals surface area contributed by atoms with Gasteiger partial charge in [0, 0.05) is 13.1 Å². The van der Waals surface area contributed by atoms with Crippen molar-refractivity contribution in [3.63, 3.8) is 0 Å². The van der Waals surface area contributed by atoms with Crippen LogP contribution in [0.5, 0.6) is 5.88 Å². The average molecular weight is 279 g/mol. The molecule has 0 radical (unpaired) electrons. The molecule has 114 valence electrons. The third-order valence-electron chi connectivity index (χ3n) is 3.47. The number of aromatic nitrogens is 1. The number of ether oxygens (including phenoxy) is 1. The second-order valence-electron chi connectivity index (χ2n) is 7.43. The highest BCUT2D eigenvalue weighted by Crippen LogP contribution is 2.30. The molecule has 1 unspecified atom stereocenters. The Morgan fingerprint density at radius 2 is 1.70 bits per heavy atom. The van der Waals surface area contributed by atoms with Gasteiger partial charge in [-0.3, -0.25) is 0 Å². The van der Waals surface area contributed by atoms with Gasteiger partial charge in [-0.25, -0.2) is 0 Å². The number of hydrogen-bond donors (Lipinski definition) is 1. The van der Waals surface area contributed by atoms with Crippen LogP contribution in [0.25, 0.3) is 0 Å². The van der Waals surface area contributed by atoms with Gasteiger partial charge in [0.2, 0.25) is 5.88 Å². The number of nitrogen functional groups attached to an aromatic ring is 1. The minimum atomic E-state index is -0.312. The Hall–Kier alpha value is -1.45. The Balaban J connectivity index is 3.06. The molecule has 0 amide bonds. The van der Waals surface area contributed by atoms with Crippen LogP contribution in [0.1, 0.15) is 48.5 Å². The summed E-state index contributed by atoms with van der Waals surface area (Å²) in [5, 5.41) is 0. The van der Waals surface area contributed by atoms with Crippen molar-refractivity contribution in [3.05, 3.63) is 12.1 Å². The molecule has 1 rings (SSSR count). The highest BCUT2D eigenvalue weighted by Gasteiger charge is 2.25. The summed E-state index contributed by atoms with van der Waals surface area (Å²) in [5.41, 5.74) is 6.38. The molecule has 2 N–H and O–H groups in total. The van der Waals surface area contributed by atoms with Gasteiger partial charge < -0.3 is 15.4 Å². The first-order valence-electron chi connectivity index (χ1n) is 7.10. The number of rotatable bonds is 3. The zero-order chi connectivity index (χ0) is 15.7. The maximum Gasteiger partial charge on any atom is 0.239 e. The lowest BCUT2D eigenvalue weighted by molar-refractivity contribution is 0.125. The van der Waals surface area contributed by atoms with Crippen LogP contribution >= 0.6 is 0 Å². The molecule has 0 aliphatic rings. The fraction of sp³-hybridized carbons (Fsp3) is 0.688. The summed E-state index contributed by atoms with van der Waals surface area (Å²) in [6.45, 7) is 14.8. The number of pyridine rings is 1. The van der Waals surface area contributed by atoms with E-state index in [1.165, 1.54) is 0 Å². The van der Waals surface area contributed by atoms with Crippen molar-refractivity contribution in [3.8, 4) is 5.88 Å². The molecule has 0 bridgehead atoms. The molecular formula is C16H29N3O. The van der Waals surface area contributed by atoms with Crippen LogP contribution in [0.15, 0.2) is 12.1 Å². The Kier molecular flexibility index (Phi) is 4.57. The second kappa shape index (κ2) is 5.51. The summed E-state index contributed by atoms with van der Waals surface area (Å²) >= 11 is 0. The molecule has 20 heavy (non-hydrogen) atoms. The van der Waals surface area contributed by atoms with Crippen LogP contribution in [-0.2, 0) is 0 Å². The monoisotopic (exact) mass is 279 g/mol. The standard InChI is InChI=1S/C16H29N3O/c1-11(15(2,3)4)19(8)13-10-9-12(17)14(18-13)20-16(5,6)7/h9-11H,17H2,1-8H3. The van der Waals surface area contributed by atoms with Crippen molar-refractivity contribution in [2.45, 2.75) is 60.1 Å². The van der Waals surface area contributed by atoms with Gasteiger partial charge in [0.25, 0.3) is 0 Å². The molecule has 1 atom stereocenters. The Bertz CT molecular complexity index is 458. The van der Waals surface area contributed by atoms with E-state index in [0.29, 0.717) is 17.6 Å². The van der Waals surface area contributed by atoms with Gasteiger partial charge >= 0.3 is 0 Å². The summed E-state index contributed by atoms with van der Waals surface area (Å²) in [7, 11) is 2.05. The maximum atomic E-state index is 5.95. The lowest BCUT2D eigenvalue weighted by Gasteiger charge is -2.36. The van der Waals surface area contributed by atoms with E-state index in [9.17, 15) is 0 Å². The third kappa shape index (κ3) is 4.29. The summed E-state index contributed by atoms with van der Waals surface area (Å²) in [6.07, 6.45) is 0. The van der Waals surface area contributed by atoms with Crippen LogP contribution in [0.3, 0.4) is 0 Å². The van der Waals surface area contributed by atoms with E-state index in [1.807, 2.05) is 32.9 Å². The number of nitrogens with zero attached hydrogens (tertiary/aromatic N) is 2. The molecule has 1 aromatic rings. The van der Waals surface area contributed by atoms with Crippen LogP contribution in [-0.4, -0.2) is 23.7 Å². The first-order chi connectivity index (χ1) is 8.92. The fourth-order valence-corrected chi connectivity index (χ4v) is 1.79. The van der Waals surface area contributed by atoms with Crippen molar-refractivity contribution < 1.29 is 4.74 Å². The van der Waals surface area contributed by atoms with E-state index >= 15 is 0 Å². The molecule has 4 nitrogen and oxygen atoms in total. The smallest absolute Gasteiger partial charge is 0.239 e. The molecule has 0 aromatic carbocycles. The van der Waals surface area contributed by atoms with Gasteiger partial charge in [-0.05, 0) is 45.2 Å². The zero-order valence-corrected chi connectivity index (χ0v) is 14.1. The van der Waals surface area contributed by atoms with Gasteiger partial charge in [-0.1, -0.05) is 20.8 Å². The first kappa shape index (κ1) is 16.6. The van der Waals surface area contributed by atoms with Crippen molar-refractivity contribution in [1.82, 2.24) is 4.98 Å². The van der Waals surface area contributed by atoms with E-state index in [0.717, 1.165) is 5.82 Å². The minimum Gasteiger partial charge on any atom is -0.470 e. The summed E-state index contributed by atoms with van der Waals surface area (Å²) in [6, 6.07) is 4.14. The average Bonchev–Trinajstić information content (AvgIpc) is 2.27. The van der Waals surface area contributed by atoms with E-state index in [4.69, 9.17) is 10.5 Å². The van der Waals surface area contributed by atoms with Gasteiger partial charge in [-0.15, -0.1) is 0 Å². The highest BCUT2D eigenvalue weighted by atomic mass is 16.5. The Morgan fingerprint density at radius 1 is 1.15 bits per heavy atom. The van der Waals surface area contributed by atoms with Crippen molar-refractivity contribution in [2.75, 3.05) is 17.7 Å². The van der Waals surface area contributed by atoms with Crippen molar-refractivity contribution >= 4 is 11.5 Å².